The molecule has 2 heterocycles. The number of hydrogen-bond donors (Lipinski definition) is 5. The van der Waals surface area contributed by atoms with Crippen molar-refractivity contribution in [3.05, 3.63) is 66.7 Å². The highest BCUT2D eigenvalue weighted by molar-refractivity contribution is 5.87. The van der Waals surface area contributed by atoms with Crippen LogP contribution in [0.4, 0.5) is 15.5 Å². The van der Waals surface area contributed by atoms with Crippen LogP contribution in [0.1, 0.15) is 60.2 Å². The van der Waals surface area contributed by atoms with Crippen LogP contribution in [-0.4, -0.2) is 69.6 Å². The molecule has 0 atom stereocenters. The fourth-order valence-corrected chi connectivity index (χ4v) is 4.19. The Morgan fingerprint density at radius 1 is 0.783 bits per heavy atom. The predicted octanol–water partition coefficient (Wildman–Crippen LogP) is 6.81. The highest BCUT2D eigenvalue weighted by Gasteiger charge is 2.16. The van der Waals surface area contributed by atoms with E-state index in [9.17, 15) is 14.4 Å². The molecule has 0 bridgehead atoms. The second-order valence-corrected chi connectivity index (χ2v) is 9.90. The SMILES string of the molecule is CC.CCC.CCCN(Cc1ncc(-c2ccc(-c3ccc(-c4cnc(NC(=O)NCC)[nH]4)cc3)cc2)[nH]1)C(=O)CNC(=O)OC. The minimum absolute atomic E-state index is 0.138. The van der Waals surface area contributed by atoms with Gasteiger partial charge >= 0.3 is 12.1 Å². The van der Waals surface area contributed by atoms with Gasteiger partial charge in [-0.2, -0.15) is 0 Å². The molecule has 0 aliphatic heterocycles. The van der Waals surface area contributed by atoms with Crippen molar-refractivity contribution in [2.45, 2.75) is 60.9 Å². The summed E-state index contributed by atoms with van der Waals surface area (Å²) in [4.78, 5) is 52.3. The van der Waals surface area contributed by atoms with Gasteiger partial charge in [0.25, 0.3) is 0 Å². The van der Waals surface area contributed by atoms with E-state index in [0.29, 0.717) is 31.4 Å². The van der Waals surface area contributed by atoms with Gasteiger partial charge in [-0.25, -0.2) is 19.6 Å². The van der Waals surface area contributed by atoms with Crippen LogP contribution < -0.4 is 16.0 Å². The molecule has 12 nitrogen and oxygen atoms in total. The van der Waals surface area contributed by atoms with E-state index in [0.717, 1.165) is 40.1 Å². The minimum Gasteiger partial charge on any atom is -0.453 e. The minimum atomic E-state index is -0.645. The monoisotopic (exact) mass is 632 g/mol. The van der Waals surface area contributed by atoms with Crippen LogP contribution in [0.5, 0.6) is 0 Å². The molecule has 0 saturated heterocycles. The molecule has 0 saturated carbocycles. The molecule has 2 aromatic heterocycles. The van der Waals surface area contributed by atoms with Crippen molar-refractivity contribution in [1.82, 2.24) is 35.5 Å². The third-order valence-electron chi connectivity index (χ3n) is 6.25. The van der Waals surface area contributed by atoms with Crippen LogP contribution in [0, 0.1) is 0 Å². The number of nitrogens with one attached hydrogen (secondary N) is 5. The van der Waals surface area contributed by atoms with Crippen molar-refractivity contribution in [3.63, 3.8) is 0 Å². The number of benzene rings is 2. The van der Waals surface area contributed by atoms with E-state index in [1.165, 1.54) is 13.5 Å². The van der Waals surface area contributed by atoms with E-state index in [2.05, 4.69) is 54.5 Å². The van der Waals surface area contributed by atoms with E-state index in [4.69, 9.17) is 0 Å². The van der Waals surface area contributed by atoms with Crippen LogP contribution >= 0.6 is 0 Å². The molecule has 4 amide bonds. The van der Waals surface area contributed by atoms with Gasteiger partial charge in [0, 0.05) is 13.1 Å². The zero-order valence-electron chi connectivity index (χ0n) is 28.0. The molecular formula is C34H48N8O4. The second kappa shape index (κ2) is 20.0. The highest BCUT2D eigenvalue weighted by atomic mass is 16.5. The van der Waals surface area contributed by atoms with Gasteiger partial charge < -0.3 is 30.2 Å². The van der Waals surface area contributed by atoms with Crippen molar-refractivity contribution >= 4 is 24.0 Å². The number of carbonyl (C=O) groups is 3. The number of alkyl carbamates (subject to hydrolysis) is 1. The molecule has 0 fully saturated rings. The molecule has 0 radical (unpaired) electrons. The molecule has 4 rings (SSSR count). The van der Waals surface area contributed by atoms with Gasteiger partial charge in [-0.1, -0.05) is 89.6 Å². The number of ether oxygens (including phenoxy) is 1. The number of methoxy groups -OCH3 is 1. The number of amides is 4. The lowest BCUT2D eigenvalue weighted by Crippen LogP contribution is -2.40. The quantitative estimate of drug-likeness (QED) is 0.122. The van der Waals surface area contributed by atoms with E-state index in [1.54, 1.807) is 17.3 Å². The van der Waals surface area contributed by atoms with E-state index >= 15 is 0 Å². The lowest BCUT2D eigenvalue weighted by molar-refractivity contribution is -0.130. The van der Waals surface area contributed by atoms with E-state index in [-0.39, 0.29) is 18.5 Å². The number of nitrogens with zero attached hydrogens (tertiary/aromatic N) is 3. The Balaban J connectivity index is 0.00000139. The summed E-state index contributed by atoms with van der Waals surface area (Å²) in [7, 11) is 1.26. The van der Waals surface area contributed by atoms with E-state index in [1.807, 2.05) is 76.2 Å². The normalized spacial score (nSPS) is 9.98. The molecule has 0 aliphatic rings. The molecule has 46 heavy (non-hydrogen) atoms. The number of aromatic nitrogens is 4. The maximum Gasteiger partial charge on any atom is 0.407 e. The van der Waals surface area contributed by atoms with Gasteiger partial charge in [-0.15, -0.1) is 0 Å². The number of imidazole rings is 2. The third kappa shape index (κ3) is 11.4. The smallest absolute Gasteiger partial charge is 0.407 e. The van der Waals surface area contributed by atoms with Gasteiger partial charge in [0.1, 0.15) is 12.4 Å². The fraction of sp³-hybridized carbons (Fsp3) is 0.382. The Labute approximate surface area is 271 Å². The Bertz CT molecular complexity index is 1480. The molecule has 12 heteroatoms. The lowest BCUT2D eigenvalue weighted by Gasteiger charge is -2.21. The fourth-order valence-electron chi connectivity index (χ4n) is 4.19. The molecule has 248 valence electrons. The van der Waals surface area contributed by atoms with Gasteiger partial charge in [0.05, 0.1) is 37.4 Å². The lowest BCUT2D eigenvalue weighted by atomic mass is 10.0. The summed E-state index contributed by atoms with van der Waals surface area (Å²) < 4.78 is 4.53. The number of hydrogen-bond acceptors (Lipinski definition) is 6. The van der Waals surface area contributed by atoms with Crippen LogP contribution in [0.3, 0.4) is 0 Å². The number of anilines is 1. The maximum atomic E-state index is 12.6. The summed E-state index contributed by atoms with van der Waals surface area (Å²) in [5.74, 6) is 0.824. The number of urea groups is 1. The molecule has 2 aromatic carbocycles. The Morgan fingerprint density at radius 2 is 1.30 bits per heavy atom. The van der Waals surface area contributed by atoms with Crippen molar-refractivity contribution in [2.75, 3.05) is 32.1 Å². The van der Waals surface area contributed by atoms with E-state index < -0.39 is 6.09 Å². The second-order valence-electron chi connectivity index (χ2n) is 9.90. The summed E-state index contributed by atoms with van der Waals surface area (Å²) >= 11 is 0. The summed E-state index contributed by atoms with van der Waals surface area (Å²) in [6.45, 7) is 13.3. The molecular weight excluding hydrogens is 584 g/mol. The van der Waals surface area contributed by atoms with Gasteiger partial charge in [-0.05, 0) is 35.6 Å². The third-order valence-corrected chi connectivity index (χ3v) is 6.25. The maximum absolute atomic E-state index is 12.6. The number of carbonyl (C=O) groups excluding carboxylic acids is 3. The number of rotatable bonds is 11. The van der Waals surface area contributed by atoms with Crippen LogP contribution in [0.25, 0.3) is 33.6 Å². The van der Waals surface area contributed by atoms with Crippen molar-refractivity contribution in [3.8, 4) is 33.6 Å². The van der Waals surface area contributed by atoms with Crippen LogP contribution in [0.2, 0.25) is 0 Å². The summed E-state index contributed by atoms with van der Waals surface area (Å²) in [5, 5.41) is 7.75. The highest BCUT2D eigenvalue weighted by Crippen LogP contribution is 2.27. The van der Waals surface area contributed by atoms with Crippen molar-refractivity contribution < 1.29 is 19.1 Å². The van der Waals surface area contributed by atoms with Crippen molar-refractivity contribution in [1.29, 1.82) is 0 Å². The van der Waals surface area contributed by atoms with Gasteiger partial charge in [0.2, 0.25) is 11.9 Å². The van der Waals surface area contributed by atoms with Crippen LogP contribution in [-0.2, 0) is 16.1 Å². The Hall–Kier alpha value is -5.13. The first-order valence-corrected chi connectivity index (χ1v) is 15.8. The molecule has 0 spiro atoms. The first-order valence-electron chi connectivity index (χ1n) is 15.8. The summed E-state index contributed by atoms with van der Waals surface area (Å²) in [6.07, 6.45) is 4.81. The van der Waals surface area contributed by atoms with Crippen LogP contribution in [0.15, 0.2) is 60.9 Å². The molecule has 0 unspecified atom stereocenters. The zero-order valence-corrected chi connectivity index (χ0v) is 28.0. The zero-order chi connectivity index (χ0) is 33.9. The number of aromatic amines is 2. The molecule has 4 aromatic rings. The van der Waals surface area contributed by atoms with Gasteiger partial charge in [-0.3, -0.25) is 10.1 Å². The summed E-state index contributed by atoms with van der Waals surface area (Å²) in [5.41, 5.74) is 5.67. The predicted molar refractivity (Wildman–Crippen MR) is 183 cm³/mol. The topological polar surface area (TPSA) is 157 Å². The number of H-pyrrole nitrogens is 2. The summed E-state index contributed by atoms with van der Waals surface area (Å²) in [6, 6.07) is 15.9. The average molecular weight is 633 g/mol. The first kappa shape index (κ1) is 37.1. The molecule has 0 aliphatic carbocycles. The average Bonchev–Trinajstić information content (AvgIpc) is 3.75. The van der Waals surface area contributed by atoms with Gasteiger partial charge in [0.15, 0.2) is 0 Å². The largest absolute Gasteiger partial charge is 0.453 e. The first-order chi connectivity index (χ1) is 22.3. The van der Waals surface area contributed by atoms with Crippen molar-refractivity contribution in [2.24, 2.45) is 0 Å². The molecule has 5 N–H and O–H groups in total. The standard InChI is InChI=1S/C29H34N8O4.C3H8.C2H6/c1-4-14-37(26(38)17-33-29(40)41-3)18-25-31-15-23(34-25)21-10-6-19(7-11-21)20-8-12-22(13-9-20)24-16-32-27(35-24)36-28(39)30-5-2;1-3-2;1-2/h6-13,15-16H,4-5,14,17-18H2,1-3H3,(H,31,34)(H,33,40)(H3,30,32,35,36,39);3H2,1-2H3;1-2H3. The Morgan fingerprint density at radius 3 is 1.83 bits per heavy atom. The Kier molecular flexibility index (Phi) is 16.1.